The van der Waals surface area contributed by atoms with Crippen molar-refractivity contribution in [3.05, 3.63) is 64.8 Å². The van der Waals surface area contributed by atoms with Crippen LogP contribution in [0.1, 0.15) is 34.7 Å². The summed E-state index contributed by atoms with van der Waals surface area (Å²) in [4.78, 5) is 18.0. The lowest BCUT2D eigenvalue weighted by molar-refractivity contribution is 0.0713. The number of fused-ring (bicyclic) bond motifs is 1. The summed E-state index contributed by atoms with van der Waals surface area (Å²) in [5.74, 6) is 1.32. The molecule has 0 bridgehead atoms. The highest BCUT2D eigenvalue weighted by Gasteiger charge is 2.26. The van der Waals surface area contributed by atoms with E-state index in [-0.39, 0.29) is 5.91 Å². The maximum atomic E-state index is 12.7. The Morgan fingerprint density at radius 3 is 2.58 bits per heavy atom. The Balaban J connectivity index is 1.45. The first-order chi connectivity index (χ1) is 12.7. The van der Waals surface area contributed by atoms with Crippen molar-refractivity contribution < 1.29 is 9.53 Å². The first-order valence-corrected chi connectivity index (χ1v) is 9.23. The van der Waals surface area contributed by atoms with Gasteiger partial charge in [-0.25, -0.2) is 0 Å². The van der Waals surface area contributed by atoms with E-state index in [1.165, 1.54) is 10.9 Å². The van der Waals surface area contributed by atoms with Crippen LogP contribution in [0.2, 0.25) is 5.02 Å². The number of rotatable bonds is 3. The first-order valence-electron chi connectivity index (χ1n) is 8.85. The number of likely N-dealkylation sites (tertiary alicyclic amines) is 1. The van der Waals surface area contributed by atoms with Crippen molar-refractivity contribution in [2.45, 2.75) is 18.8 Å². The van der Waals surface area contributed by atoms with Crippen LogP contribution in [0.5, 0.6) is 5.75 Å². The van der Waals surface area contributed by atoms with Crippen LogP contribution < -0.4 is 4.74 Å². The van der Waals surface area contributed by atoms with E-state index in [4.69, 9.17) is 16.3 Å². The van der Waals surface area contributed by atoms with Gasteiger partial charge in [0.2, 0.25) is 0 Å². The molecule has 1 aliphatic heterocycles. The maximum Gasteiger partial charge on any atom is 0.253 e. The molecule has 0 unspecified atom stereocenters. The molecule has 0 spiro atoms. The number of nitrogens with zero attached hydrogens (tertiary/aromatic N) is 1. The van der Waals surface area contributed by atoms with E-state index in [9.17, 15) is 4.79 Å². The number of nitrogens with one attached hydrogen (secondary N) is 1. The predicted molar refractivity (Wildman–Crippen MR) is 104 cm³/mol. The molecule has 1 aliphatic rings. The fraction of sp³-hybridized carbons (Fsp3) is 0.286. The molecule has 0 radical (unpaired) electrons. The summed E-state index contributed by atoms with van der Waals surface area (Å²) in [6.45, 7) is 1.55. The molecular formula is C21H21ClN2O2. The van der Waals surface area contributed by atoms with Gasteiger partial charge in [-0.2, -0.15) is 0 Å². The molecule has 1 saturated heterocycles. The van der Waals surface area contributed by atoms with Gasteiger partial charge in [0, 0.05) is 40.8 Å². The number of methoxy groups -OCH3 is 1. The zero-order chi connectivity index (χ0) is 18.1. The van der Waals surface area contributed by atoms with Crippen molar-refractivity contribution in [1.82, 2.24) is 9.88 Å². The number of H-pyrrole nitrogens is 1. The molecule has 0 saturated carbocycles. The number of piperidine rings is 1. The quantitative estimate of drug-likeness (QED) is 0.718. The number of hydrogen-bond donors (Lipinski definition) is 1. The Kier molecular flexibility index (Phi) is 4.60. The minimum Gasteiger partial charge on any atom is -0.497 e. The van der Waals surface area contributed by atoms with Crippen molar-refractivity contribution >= 4 is 28.4 Å². The first kappa shape index (κ1) is 17.0. The largest absolute Gasteiger partial charge is 0.497 e. The van der Waals surface area contributed by atoms with Gasteiger partial charge in [0.15, 0.2) is 0 Å². The molecule has 4 nitrogen and oxygen atoms in total. The molecule has 1 fully saturated rings. The Morgan fingerprint density at radius 1 is 1.15 bits per heavy atom. The molecule has 0 aliphatic carbocycles. The fourth-order valence-electron chi connectivity index (χ4n) is 3.77. The van der Waals surface area contributed by atoms with Crippen LogP contribution in [0.25, 0.3) is 10.9 Å². The standard InChI is InChI=1S/C21H21ClN2O2/c1-26-17-5-2-15(3-6-17)21(25)24-10-8-14(9-11-24)19-13-23-20-12-16(22)4-7-18(19)20/h2-7,12-14,23H,8-11H2,1H3. The van der Waals surface area contributed by atoms with E-state index in [0.717, 1.165) is 42.2 Å². The van der Waals surface area contributed by atoms with Gasteiger partial charge in [-0.05, 0) is 60.7 Å². The molecule has 3 aromatic rings. The van der Waals surface area contributed by atoms with Crippen molar-refractivity contribution in [3.63, 3.8) is 0 Å². The smallest absolute Gasteiger partial charge is 0.253 e. The number of aromatic nitrogens is 1. The number of carbonyl (C=O) groups is 1. The highest BCUT2D eigenvalue weighted by molar-refractivity contribution is 6.31. The molecule has 0 atom stereocenters. The monoisotopic (exact) mass is 368 g/mol. The van der Waals surface area contributed by atoms with Crippen LogP contribution in [-0.2, 0) is 0 Å². The molecule has 1 amide bonds. The molecule has 1 N–H and O–H groups in total. The summed E-state index contributed by atoms with van der Waals surface area (Å²) in [5.41, 5.74) is 3.11. The number of ether oxygens (including phenoxy) is 1. The number of aromatic amines is 1. The molecule has 2 aromatic carbocycles. The second kappa shape index (κ2) is 7.04. The van der Waals surface area contributed by atoms with Crippen LogP contribution in [0.15, 0.2) is 48.7 Å². The number of amides is 1. The molecule has 4 rings (SSSR count). The summed E-state index contributed by atoms with van der Waals surface area (Å²) in [6.07, 6.45) is 4.03. The zero-order valence-corrected chi connectivity index (χ0v) is 15.4. The lowest BCUT2D eigenvalue weighted by atomic mass is 9.89. The summed E-state index contributed by atoms with van der Waals surface area (Å²) in [7, 11) is 1.63. The van der Waals surface area contributed by atoms with Crippen LogP contribution in [0, 0.1) is 0 Å². The van der Waals surface area contributed by atoms with E-state index >= 15 is 0 Å². The number of halogens is 1. The second-order valence-corrected chi connectivity index (χ2v) is 7.17. The Bertz CT molecular complexity index is 925. The number of carbonyl (C=O) groups excluding carboxylic acids is 1. The SMILES string of the molecule is COc1ccc(C(=O)N2CCC(c3c[nH]c4cc(Cl)ccc34)CC2)cc1. The van der Waals surface area contributed by atoms with E-state index < -0.39 is 0 Å². The molecular weight excluding hydrogens is 348 g/mol. The normalized spacial score (nSPS) is 15.4. The van der Waals surface area contributed by atoms with Crippen LogP contribution in [-0.4, -0.2) is 36.0 Å². The molecule has 5 heteroatoms. The van der Waals surface area contributed by atoms with Gasteiger partial charge in [0.25, 0.3) is 5.91 Å². The number of hydrogen-bond acceptors (Lipinski definition) is 2. The summed E-state index contributed by atoms with van der Waals surface area (Å²) in [5, 5.41) is 1.97. The van der Waals surface area contributed by atoms with Gasteiger partial charge in [-0.3, -0.25) is 4.79 Å². The lowest BCUT2D eigenvalue weighted by Gasteiger charge is -2.32. The third kappa shape index (κ3) is 3.17. The molecule has 26 heavy (non-hydrogen) atoms. The zero-order valence-electron chi connectivity index (χ0n) is 14.7. The van der Waals surface area contributed by atoms with Crippen molar-refractivity contribution in [3.8, 4) is 5.75 Å². The van der Waals surface area contributed by atoms with Crippen molar-refractivity contribution in [2.75, 3.05) is 20.2 Å². The molecule has 2 heterocycles. The molecule has 134 valence electrons. The minimum absolute atomic E-state index is 0.0943. The van der Waals surface area contributed by atoms with E-state index in [1.54, 1.807) is 7.11 Å². The van der Waals surface area contributed by atoms with Gasteiger partial charge >= 0.3 is 0 Å². The second-order valence-electron chi connectivity index (χ2n) is 6.73. The fourth-order valence-corrected chi connectivity index (χ4v) is 3.94. The van der Waals surface area contributed by atoms with E-state index in [1.807, 2.05) is 41.3 Å². The van der Waals surface area contributed by atoms with Crippen LogP contribution >= 0.6 is 11.6 Å². The van der Waals surface area contributed by atoms with Crippen LogP contribution in [0.3, 0.4) is 0 Å². The van der Waals surface area contributed by atoms with Crippen LogP contribution in [0.4, 0.5) is 0 Å². The maximum absolute atomic E-state index is 12.7. The summed E-state index contributed by atoms with van der Waals surface area (Å²) >= 11 is 6.07. The Labute approximate surface area is 157 Å². The summed E-state index contributed by atoms with van der Waals surface area (Å²) in [6, 6.07) is 13.3. The topological polar surface area (TPSA) is 45.3 Å². The van der Waals surface area contributed by atoms with Gasteiger partial charge in [-0.1, -0.05) is 17.7 Å². The van der Waals surface area contributed by atoms with Crippen molar-refractivity contribution in [1.29, 1.82) is 0 Å². The highest BCUT2D eigenvalue weighted by atomic mass is 35.5. The van der Waals surface area contributed by atoms with Gasteiger partial charge in [-0.15, -0.1) is 0 Å². The van der Waals surface area contributed by atoms with E-state index in [2.05, 4.69) is 17.2 Å². The Morgan fingerprint density at radius 2 is 1.88 bits per heavy atom. The Hall–Kier alpha value is -2.46. The van der Waals surface area contributed by atoms with E-state index in [0.29, 0.717) is 11.5 Å². The van der Waals surface area contributed by atoms with Crippen molar-refractivity contribution in [2.24, 2.45) is 0 Å². The third-order valence-corrected chi connectivity index (χ3v) is 5.47. The third-order valence-electron chi connectivity index (χ3n) is 5.23. The average Bonchev–Trinajstić information content (AvgIpc) is 3.10. The van der Waals surface area contributed by atoms with Gasteiger partial charge in [0.05, 0.1) is 7.11 Å². The lowest BCUT2D eigenvalue weighted by Crippen LogP contribution is -2.37. The van der Waals surface area contributed by atoms with Gasteiger partial charge in [0.1, 0.15) is 5.75 Å². The average molecular weight is 369 g/mol. The summed E-state index contributed by atoms with van der Waals surface area (Å²) < 4.78 is 5.16. The van der Waals surface area contributed by atoms with Gasteiger partial charge < -0.3 is 14.6 Å². The molecule has 1 aromatic heterocycles. The number of benzene rings is 2. The predicted octanol–water partition coefficient (Wildman–Crippen LogP) is 4.85. The highest BCUT2D eigenvalue weighted by Crippen LogP contribution is 2.34. The minimum atomic E-state index is 0.0943.